The number of hydrogen-bond acceptors (Lipinski definition) is 4. The van der Waals surface area contributed by atoms with Gasteiger partial charge in [-0.1, -0.05) is 30.3 Å². The zero-order chi connectivity index (χ0) is 18.0. The van der Waals surface area contributed by atoms with Crippen LogP contribution in [0.5, 0.6) is 0 Å². The molecular formula is C16H15BN4O3S. The summed E-state index contributed by atoms with van der Waals surface area (Å²) in [5, 5.41) is 12.0. The Bertz CT molecular complexity index is 1020. The fourth-order valence-corrected chi connectivity index (χ4v) is 2.92. The number of benzene rings is 2. The van der Waals surface area contributed by atoms with E-state index in [1.165, 1.54) is 20.1 Å². The second-order valence-corrected chi connectivity index (χ2v) is 6.87. The molecule has 0 atom stereocenters. The first-order valence-electron chi connectivity index (χ1n) is 7.41. The smallest absolute Gasteiger partial charge is 0.259 e. The third kappa shape index (κ3) is 3.47. The van der Waals surface area contributed by atoms with Crippen molar-refractivity contribution in [1.82, 2.24) is 15.0 Å². The lowest BCUT2D eigenvalue weighted by Crippen LogP contribution is -2.20. The molecule has 3 rings (SSSR count). The number of amides is 1. The van der Waals surface area contributed by atoms with Gasteiger partial charge >= 0.3 is 0 Å². The van der Waals surface area contributed by atoms with Gasteiger partial charge in [0.05, 0.1) is 16.3 Å². The molecule has 0 saturated heterocycles. The van der Waals surface area contributed by atoms with Crippen LogP contribution in [0.3, 0.4) is 0 Å². The van der Waals surface area contributed by atoms with E-state index in [4.69, 9.17) is 5.14 Å². The highest BCUT2D eigenvalue weighted by Crippen LogP contribution is 2.24. The van der Waals surface area contributed by atoms with Gasteiger partial charge in [-0.15, -0.1) is 0 Å². The normalized spacial score (nSPS) is 11.2. The molecule has 3 N–H and O–H groups in total. The molecule has 2 aromatic carbocycles. The maximum absolute atomic E-state index is 11.9. The van der Waals surface area contributed by atoms with Crippen LogP contribution >= 0.6 is 0 Å². The summed E-state index contributed by atoms with van der Waals surface area (Å²) in [6.45, 7) is 0. The molecule has 0 aliphatic rings. The Kier molecular flexibility index (Phi) is 4.43. The SMILES string of the molecule is BNC(=O)c1cc(-c2ccccc2)n(-c2ccc(S(N)(=O)=O)cc2)n1. The number of nitrogens with two attached hydrogens (primary N) is 1. The van der Waals surface area contributed by atoms with Gasteiger partial charge in [-0.05, 0) is 30.3 Å². The summed E-state index contributed by atoms with van der Waals surface area (Å²) >= 11 is 0. The largest absolute Gasteiger partial charge is 0.401 e. The molecule has 0 aliphatic carbocycles. The van der Waals surface area contributed by atoms with Crippen molar-refractivity contribution in [3.63, 3.8) is 0 Å². The molecule has 0 bridgehead atoms. The first-order chi connectivity index (χ1) is 11.9. The van der Waals surface area contributed by atoms with Gasteiger partial charge in [0.2, 0.25) is 18.0 Å². The Morgan fingerprint density at radius 2 is 1.72 bits per heavy atom. The van der Waals surface area contributed by atoms with Crippen LogP contribution in [-0.4, -0.2) is 32.1 Å². The van der Waals surface area contributed by atoms with Crippen molar-refractivity contribution in [1.29, 1.82) is 0 Å². The van der Waals surface area contributed by atoms with Crippen LogP contribution in [0.1, 0.15) is 10.5 Å². The van der Waals surface area contributed by atoms with Crippen LogP contribution in [0, 0.1) is 0 Å². The quantitative estimate of drug-likeness (QED) is 0.664. The Hall–Kier alpha value is -2.91. The minimum Gasteiger partial charge on any atom is -0.401 e. The van der Waals surface area contributed by atoms with E-state index >= 15 is 0 Å². The van der Waals surface area contributed by atoms with Gasteiger partial charge in [0.25, 0.3) is 5.91 Å². The molecule has 0 unspecified atom stereocenters. The van der Waals surface area contributed by atoms with E-state index in [1.54, 1.807) is 22.9 Å². The molecule has 7 nitrogen and oxygen atoms in total. The Morgan fingerprint density at radius 1 is 1.08 bits per heavy atom. The topological polar surface area (TPSA) is 107 Å². The molecule has 25 heavy (non-hydrogen) atoms. The van der Waals surface area contributed by atoms with Gasteiger partial charge in [-0.3, -0.25) is 4.79 Å². The maximum atomic E-state index is 11.9. The van der Waals surface area contributed by atoms with Gasteiger partial charge < -0.3 is 5.23 Å². The van der Waals surface area contributed by atoms with Gasteiger partial charge in [-0.2, -0.15) is 5.10 Å². The number of carbonyl (C=O) groups excluding carboxylic acids is 1. The summed E-state index contributed by atoms with van der Waals surface area (Å²) in [7, 11) is -2.24. The summed E-state index contributed by atoms with van der Waals surface area (Å²) < 4.78 is 24.4. The monoisotopic (exact) mass is 354 g/mol. The highest BCUT2D eigenvalue weighted by atomic mass is 32.2. The number of nitrogens with zero attached hydrogens (tertiary/aromatic N) is 2. The van der Waals surface area contributed by atoms with Gasteiger partial charge in [0.1, 0.15) is 5.69 Å². The summed E-state index contributed by atoms with van der Waals surface area (Å²) in [6.07, 6.45) is 0. The fraction of sp³-hybridized carbons (Fsp3) is 0. The standard InChI is InChI=1S/C16H15BN4O3S/c17-19-16(22)14-10-15(11-4-2-1-3-5-11)21(20-14)12-6-8-13(9-7-12)25(18,23)24/h1-10H,17H2,(H,19,22)(H2,18,23,24). The lowest BCUT2D eigenvalue weighted by Gasteiger charge is -2.08. The van der Waals surface area contributed by atoms with Gasteiger partial charge in [-0.25, -0.2) is 18.2 Å². The minimum atomic E-state index is -3.77. The van der Waals surface area contributed by atoms with Crippen LogP contribution in [0.4, 0.5) is 0 Å². The van der Waals surface area contributed by atoms with Crippen molar-refractivity contribution in [2.75, 3.05) is 0 Å². The van der Waals surface area contributed by atoms with Crippen LogP contribution in [0.15, 0.2) is 65.6 Å². The van der Waals surface area contributed by atoms with Gasteiger partial charge in [0.15, 0.2) is 0 Å². The Balaban J connectivity index is 2.14. The third-order valence-electron chi connectivity index (χ3n) is 3.65. The average Bonchev–Trinajstić information content (AvgIpc) is 3.06. The van der Waals surface area contributed by atoms with Crippen molar-refractivity contribution < 1.29 is 13.2 Å². The van der Waals surface area contributed by atoms with Crippen molar-refractivity contribution in [2.24, 2.45) is 5.14 Å². The summed E-state index contributed by atoms with van der Waals surface area (Å²) in [4.78, 5) is 12.0. The fourth-order valence-electron chi connectivity index (χ4n) is 2.41. The van der Waals surface area contributed by atoms with Crippen LogP contribution < -0.4 is 10.4 Å². The Labute approximate surface area is 146 Å². The number of nitrogens with one attached hydrogen (secondary N) is 1. The first kappa shape index (κ1) is 16.9. The first-order valence-corrected chi connectivity index (χ1v) is 8.95. The van der Waals surface area contributed by atoms with E-state index in [9.17, 15) is 13.2 Å². The minimum absolute atomic E-state index is 0.0104. The molecule has 0 saturated carbocycles. The van der Waals surface area contributed by atoms with Crippen molar-refractivity contribution in [2.45, 2.75) is 4.90 Å². The second-order valence-electron chi connectivity index (χ2n) is 5.31. The van der Waals surface area contributed by atoms with Crippen LogP contribution in [0.2, 0.25) is 0 Å². The van der Waals surface area contributed by atoms with E-state index in [-0.39, 0.29) is 16.5 Å². The molecule has 126 valence electrons. The number of sulfonamides is 1. The maximum Gasteiger partial charge on any atom is 0.259 e. The number of primary sulfonamides is 1. The van der Waals surface area contributed by atoms with Crippen LogP contribution in [-0.2, 0) is 10.0 Å². The molecule has 0 spiro atoms. The third-order valence-corrected chi connectivity index (χ3v) is 4.58. The number of hydrogen-bond donors (Lipinski definition) is 2. The van der Waals surface area contributed by atoms with Crippen molar-refractivity contribution >= 4 is 23.9 Å². The zero-order valence-corrected chi connectivity index (χ0v) is 14.2. The average molecular weight is 354 g/mol. The van der Waals surface area contributed by atoms with Gasteiger partial charge in [0, 0.05) is 5.56 Å². The van der Waals surface area contributed by atoms with E-state index in [0.717, 1.165) is 5.56 Å². The summed E-state index contributed by atoms with van der Waals surface area (Å²) in [5.74, 6) is -0.308. The highest BCUT2D eigenvalue weighted by molar-refractivity contribution is 7.89. The summed E-state index contributed by atoms with van der Waals surface area (Å²) in [5.41, 5.74) is 2.46. The second kappa shape index (κ2) is 6.54. The number of aromatic nitrogens is 2. The lowest BCUT2D eigenvalue weighted by molar-refractivity contribution is 0.0976. The number of rotatable bonds is 4. The van der Waals surface area contributed by atoms with Crippen LogP contribution in [0.25, 0.3) is 16.9 Å². The Morgan fingerprint density at radius 3 is 2.28 bits per heavy atom. The molecule has 9 heteroatoms. The highest BCUT2D eigenvalue weighted by Gasteiger charge is 2.16. The van der Waals surface area contributed by atoms with Crippen molar-refractivity contribution in [3.8, 4) is 16.9 Å². The molecule has 1 heterocycles. The summed E-state index contributed by atoms with van der Waals surface area (Å²) in [6, 6.07) is 17.1. The molecule has 0 fully saturated rings. The van der Waals surface area contributed by atoms with E-state index < -0.39 is 10.0 Å². The van der Waals surface area contributed by atoms with Crippen molar-refractivity contribution in [3.05, 3.63) is 66.4 Å². The molecule has 1 aromatic heterocycles. The predicted octanol–water partition coefficient (Wildman–Crippen LogP) is 0.465. The molecule has 1 amide bonds. The van der Waals surface area contributed by atoms with E-state index in [1.807, 2.05) is 30.3 Å². The molecule has 0 radical (unpaired) electrons. The predicted molar refractivity (Wildman–Crippen MR) is 96.4 cm³/mol. The van der Waals surface area contributed by atoms with E-state index in [2.05, 4.69) is 10.3 Å². The molecule has 3 aromatic rings. The lowest BCUT2D eigenvalue weighted by atomic mass is 10.1. The number of carbonyl (C=O) groups is 1. The molecule has 0 aliphatic heterocycles. The molecular weight excluding hydrogens is 339 g/mol. The zero-order valence-electron chi connectivity index (χ0n) is 13.4. The van der Waals surface area contributed by atoms with E-state index in [0.29, 0.717) is 11.4 Å².